The SMILES string of the molecule is CC1(C)c2ccccc2-c2c(N(c3ccc(-c4ccc5ccccc5c4)cc3)c3cccc4c3sc3cnccc34)cccc21. The van der Waals surface area contributed by atoms with Crippen LogP contribution in [0.2, 0.25) is 0 Å². The summed E-state index contributed by atoms with van der Waals surface area (Å²) >= 11 is 1.82. The Morgan fingerprint density at radius 1 is 0.600 bits per heavy atom. The maximum atomic E-state index is 4.44. The third-order valence-corrected chi connectivity index (χ3v) is 10.7. The third kappa shape index (κ3) is 3.97. The summed E-state index contributed by atoms with van der Waals surface area (Å²) in [7, 11) is 0. The molecule has 45 heavy (non-hydrogen) atoms. The summed E-state index contributed by atoms with van der Waals surface area (Å²) < 4.78 is 2.47. The molecular formula is C42H30N2S. The Bertz CT molecular complexity index is 2420. The zero-order valence-corrected chi connectivity index (χ0v) is 26.0. The van der Waals surface area contributed by atoms with E-state index in [1.165, 1.54) is 75.7 Å². The molecule has 6 aromatic carbocycles. The molecule has 0 atom stereocenters. The lowest BCUT2D eigenvalue weighted by molar-refractivity contribution is 0.660. The summed E-state index contributed by atoms with van der Waals surface area (Å²) in [5.74, 6) is 0. The first kappa shape index (κ1) is 26.2. The van der Waals surface area contributed by atoms with Crippen molar-refractivity contribution in [2.24, 2.45) is 0 Å². The van der Waals surface area contributed by atoms with E-state index in [-0.39, 0.29) is 5.41 Å². The van der Waals surface area contributed by atoms with Crippen molar-refractivity contribution in [1.82, 2.24) is 4.98 Å². The standard InChI is InChI=1S/C42H30N2S/c1-42(2)35-13-6-5-11-34(35)40-36(42)14-8-15-37(40)44(38-16-7-12-33-32-23-24-43-26-39(32)45-41(33)38)31-21-19-28(20-22-31)30-18-17-27-9-3-4-10-29(27)25-30/h3-26H,1-2H3. The highest BCUT2D eigenvalue weighted by atomic mass is 32.1. The Morgan fingerprint density at radius 2 is 1.33 bits per heavy atom. The fraction of sp³-hybridized carbons (Fsp3) is 0.0714. The van der Waals surface area contributed by atoms with Gasteiger partial charge < -0.3 is 4.90 Å². The van der Waals surface area contributed by atoms with Gasteiger partial charge in [-0.15, -0.1) is 11.3 Å². The Balaban J connectivity index is 1.28. The number of nitrogens with zero attached hydrogens (tertiary/aromatic N) is 2. The van der Waals surface area contributed by atoms with Gasteiger partial charge in [-0.25, -0.2) is 0 Å². The normalized spacial score (nSPS) is 13.3. The molecule has 0 saturated carbocycles. The second kappa shape index (κ2) is 9.88. The van der Waals surface area contributed by atoms with Crippen LogP contribution in [0.4, 0.5) is 17.1 Å². The highest BCUT2D eigenvalue weighted by Gasteiger charge is 2.37. The van der Waals surface area contributed by atoms with Crippen LogP contribution in [-0.4, -0.2) is 4.98 Å². The number of anilines is 3. The highest BCUT2D eigenvalue weighted by molar-refractivity contribution is 7.26. The van der Waals surface area contributed by atoms with Gasteiger partial charge in [0.1, 0.15) is 0 Å². The lowest BCUT2D eigenvalue weighted by Crippen LogP contribution is -2.16. The summed E-state index contributed by atoms with van der Waals surface area (Å²) in [5, 5.41) is 5.04. The fourth-order valence-corrected chi connectivity index (χ4v) is 8.49. The summed E-state index contributed by atoms with van der Waals surface area (Å²) in [4.78, 5) is 6.92. The molecule has 0 bridgehead atoms. The Hall–Kier alpha value is -5.25. The van der Waals surface area contributed by atoms with Gasteiger partial charge in [0.15, 0.2) is 0 Å². The Labute approximate surface area is 266 Å². The Morgan fingerprint density at radius 3 is 2.22 bits per heavy atom. The first-order chi connectivity index (χ1) is 22.1. The van der Waals surface area contributed by atoms with E-state index in [2.05, 4.69) is 157 Å². The minimum atomic E-state index is -0.0805. The van der Waals surface area contributed by atoms with E-state index in [1.807, 2.05) is 23.7 Å². The average Bonchev–Trinajstić information content (AvgIpc) is 3.58. The van der Waals surface area contributed by atoms with Crippen molar-refractivity contribution in [3.8, 4) is 22.3 Å². The van der Waals surface area contributed by atoms with Crippen molar-refractivity contribution >= 4 is 59.3 Å². The minimum absolute atomic E-state index is 0.0805. The van der Waals surface area contributed by atoms with E-state index in [0.717, 1.165) is 5.69 Å². The van der Waals surface area contributed by atoms with Crippen LogP contribution in [0.25, 0.3) is 53.2 Å². The van der Waals surface area contributed by atoms with Gasteiger partial charge in [-0.2, -0.15) is 0 Å². The number of hydrogen-bond acceptors (Lipinski definition) is 3. The van der Waals surface area contributed by atoms with E-state index in [1.54, 1.807) is 0 Å². The summed E-state index contributed by atoms with van der Waals surface area (Å²) in [6.45, 7) is 4.70. The summed E-state index contributed by atoms with van der Waals surface area (Å²) in [6.07, 6.45) is 3.89. The van der Waals surface area contributed by atoms with E-state index >= 15 is 0 Å². The third-order valence-electron chi connectivity index (χ3n) is 9.56. The lowest BCUT2D eigenvalue weighted by atomic mass is 9.82. The number of rotatable bonds is 4. The van der Waals surface area contributed by atoms with Crippen molar-refractivity contribution in [3.05, 3.63) is 157 Å². The maximum Gasteiger partial charge on any atom is 0.0640 e. The molecule has 0 aliphatic heterocycles. The van der Waals surface area contributed by atoms with E-state index in [0.29, 0.717) is 0 Å². The summed E-state index contributed by atoms with van der Waals surface area (Å²) in [6, 6.07) is 49.0. The van der Waals surface area contributed by atoms with Crippen LogP contribution in [0.15, 0.2) is 146 Å². The van der Waals surface area contributed by atoms with Crippen molar-refractivity contribution in [2.75, 3.05) is 4.90 Å². The first-order valence-corrected chi connectivity index (χ1v) is 16.3. The number of aromatic nitrogens is 1. The lowest BCUT2D eigenvalue weighted by Gasteiger charge is -2.29. The van der Waals surface area contributed by atoms with Crippen LogP contribution in [0.3, 0.4) is 0 Å². The van der Waals surface area contributed by atoms with Gasteiger partial charge in [-0.3, -0.25) is 4.98 Å². The molecule has 0 radical (unpaired) electrons. The molecule has 2 aromatic heterocycles. The monoisotopic (exact) mass is 594 g/mol. The molecule has 214 valence electrons. The largest absolute Gasteiger partial charge is 0.308 e. The van der Waals surface area contributed by atoms with Gasteiger partial charge >= 0.3 is 0 Å². The van der Waals surface area contributed by atoms with Crippen LogP contribution in [-0.2, 0) is 5.41 Å². The van der Waals surface area contributed by atoms with Crippen LogP contribution in [0.1, 0.15) is 25.0 Å². The number of fused-ring (bicyclic) bond motifs is 7. The molecule has 0 saturated heterocycles. The molecule has 0 fully saturated rings. The molecule has 0 N–H and O–H groups in total. The van der Waals surface area contributed by atoms with Gasteiger partial charge in [0, 0.05) is 39.8 Å². The summed E-state index contributed by atoms with van der Waals surface area (Å²) in [5.41, 5.74) is 11.3. The van der Waals surface area contributed by atoms with E-state index in [9.17, 15) is 0 Å². The molecule has 0 spiro atoms. The second-order valence-corrected chi connectivity index (χ2v) is 13.5. The smallest absolute Gasteiger partial charge is 0.0640 e. The van der Waals surface area contributed by atoms with E-state index < -0.39 is 0 Å². The van der Waals surface area contributed by atoms with Crippen molar-refractivity contribution < 1.29 is 0 Å². The molecule has 9 rings (SSSR count). The maximum absolute atomic E-state index is 4.44. The molecular weight excluding hydrogens is 565 g/mol. The van der Waals surface area contributed by atoms with Gasteiger partial charge in [-0.05, 0) is 75.0 Å². The second-order valence-electron chi connectivity index (χ2n) is 12.4. The molecule has 0 unspecified atom stereocenters. The molecule has 8 aromatic rings. The van der Waals surface area contributed by atoms with Crippen LogP contribution in [0.5, 0.6) is 0 Å². The minimum Gasteiger partial charge on any atom is -0.308 e. The number of benzene rings is 6. The molecule has 3 heteroatoms. The van der Waals surface area contributed by atoms with Gasteiger partial charge in [-0.1, -0.05) is 111 Å². The zero-order chi connectivity index (χ0) is 30.1. The molecule has 2 heterocycles. The van der Waals surface area contributed by atoms with Gasteiger partial charge in [0.25, 0.3) is 0 Å². The van der Waals surface area contributed by atoms with Crippen LogP contribution in [0, 0.1) is 0 Å². The predicted octanol–water partition coefficient (Wildman–Crippen LogP) is 12.0. The highest BCUT2D eigenvalue weighted by Crippen LogP contribution is 2.55. The topological polar surface area (TPSA) is 16.1 Å². The van der Waals surface area contributed by atoms with Crippen LogP contribution >= 0.6 is 11.3 Å². The van der Waals surface area contributed by atoms with E-state index in [4.69, 9.17) is 0 Å². The fourth-order valence-electron chi connectivity index (χ4n) is 7.32. The average molecular weight is 595 g/mol. The first-order valence-electron chi connectivity index (χ1n) is 15.5. The van der Waals surface area contributed by atoms with Crippen LogP contribution < -0.4 is 4.90 Å². The zero-order valence-electron chi connectivity index (χ0n) is 25.2. The van der Waals surface area contributed by atoms with Crippen molar-refractivity contribution in [1.29, 1.82) is 0 Å². The number of pyridine rings is 1. The molecule has 1 aliphatic rings. The molecule has 0 amide bonds. The predicted molar refractivity (Wildman–Crippen MR) is 192 cm³/mol. The van der Waals surface area contributed by atoms with Crippen molar-refractivity contribution in [3.63, 3.8) is 0 Å². The quantitative estimate of drug-likeness (QED) is 0.201. The van der Waals surface area contributed by atoms with Gasteiger partial charge in [0.2, 0.25) is 0 Å². The molecule has 2 nitrogen and oxygen atoms in total. The number of hydrogen-bond donors (Lipinski definition) is 0. The van der Waals surface area contributed by atoms with Gasteiger partial charge in [0.05, 0.1) is 20.8 Å². The number of thiophene rings is 1. The molecule has 1 aliphatic carbocycles. The Kier molecular flexibility index (Phi) is 5.75. The van der Waals surface area contributed by atoms with Crippen molar-refractivity contribution in [2.45, 2.75) is 19.3 Å².